The van der Waals surface area contributed by atoms with Crippen molar-refractivity contribution in [2.45, 2.75) is 20.1 Å². The summed E-state index contributed by atoms with van der Waals surface area (Å²) in [7, 11) is 0. The number of anilines is 1. The fourth-order valence-corrected chi connectivity index (χ4v) is 1.34. The molecule has 0 bridgehead atoms. The summed E-state index contributed by atoms with van der Waals surface area (Å²) in [5.41, 5.74) is 5.21. The van der Waals surface area contributed by atoms with E-state index in [2.05, 4.69) is 14.8 Å². The van der Waals surface area contributed by atoms with E-state index >= 15 is 0 Å². The highest BCUT2D eigenvalue weighted by Gasteiger charge is 2.17. The summed E-state index contributed by atoms with van der Waals surface area (Å²) < 4.78 is 57.0. The standard InChI is InChI=1S/C12H14F4N2O3.ClH/c1-6(5-17)10(19)18-8-3-2-7(20-11(13)14)4-9(8)21-12(15)16;/h2-4,6,11-12H,5,17H2,1H3,(H,18,19);1H. The Balaban J connectivity index is 0.00000441. The highest BCUT2D eigenvalue weighted by molar-refractivity contribution is 5.94. The van der Waals surface area contributed by atoms with E-state index in [1.54, 1.807) is 0 Å². The van der Waals surface area contributed by atoms with Gasteiger partial charge in [-0.05, 0) is 12.1 Å². The number of hydrogen-bond acceptors (Lipinski definition) is 4. The van der Waals surface area contributed by atoms with Crippen molar-refractivity contribution < 1.29 is 31.8 Å². The third-order valence-electron chi connectivity index (χ3n) is 2.45. The highest BCUT2D eigenvalue weighted by Crippen LogP contribution is 2.31. The van der Waals surface area contributed by atoms with Crippen molar-refractivity contribution in [2.75, 3.05) is 11.9 Å². The topological polar surface area (TPSA) is 73.6 Å². The molecule has 22 heavy (non-hydrogen) atoms. The molecule has 0 heterocycles. The van der Waals surface area contributed by atoms with E-state index in [4.69, 9.17) is 5.73 Å². The van der Waals surface area contributed by atoms with Crippen molar-refractivity contribution in [3.63, 3.8) is 0 Å². The number of carbonyl (C=O) groups excluding carboxylic acids is 1. The van der Waals surface area contributed by atoms with Gasteiger partial charge >= 0.3 is 13.2 Å². The molecule has 0 saturated carbocycles. The molecule has 0 spiro atoms. The molecule has 0 fully saturated rings. The lowest BCUT2D eigenvalue weighted by molar-refractivity contribution is -0.119. The maximum absolute atomic E-state index is 12.3. The first kappa shape index (κ1) is 20.3. The minimum absolute atomic E-state index is 0. The van der Waals surface area contributed by atoms with E-state index in [0.717, 1.165) is 18.2 Å². The van der Waals surface area contributed by atoms with Gasteiger partial charge in [-0.1, -0.05) is 6.92 Å². The number of ether oxygens (including phenoxy) is 2. The lowest BCUT2D eigenvalue weighted by Crippen LogP contribution is -2.27. The lowest BCUT2D eigenvalue weighted by Gasteiger charge is -2.15. The molecule has 1 aromatic carbocycles. The zero-order valence-corrected chi connectivity index (χ0v) is 12.2. The van der Waals surface area contributed by atoms with Gasteiger partial charge in [0.1, 0.15) is 5.75 Å². The molecule has 1 aromatic rings. The Morgan fingerprint density at radius 2 is 1.82 bits per heavy atom. The predicted octanol–water partition coefficient (Wildman–Crippen LogP) is 2.84. The normalized spacial score (nSPS) is 11.8. The van der Waals surface area contributed by atoms with Crippen molar-refractivity contribution in [3.8, 4) is 11.5 Å². The number of benzene rings is 1. The monoisotopic (exact) mass is 346 g/mol. The Bertz CT molecular complexity index is 491. The molecule has 1 rings (SSSR count). The Morgan fingerprint density at radius 3 is 2.32 bits per heavy atom. The van der Waals surface area contributed by atoms with E-state index < -0.39 is 30.8 Å². The first-order valence-electron chi connectivity index (χ1n) is 5.88. The van der Waals surface area contributed by atoms with E-state index in [9.17, 15) is 22.4 Å². The maximum atomic E-state index is 12.3. The maximum Gasteiger partial charge on any atom is 0.387 e. The van der Waals surface area contributed by atoms with Gasteiger partial charge in [0.15, 0.2) is 5.75 Å². The number of halogens is 5. The van der Waals surface area contributed by atoms with Crippen molar-refractivity contribution in [1.82, 2.24) is 0 Å². The van der Waals surface area contributed by atoms with E-state index in [1.165, 1.54) is 6.92 Å². The third-order valence-corrected chi connectivity index (χ3v) is 2.45. The van der Waals surface area contributed by atoms with Crippen LogP contribution < -0.4 is 20.5 Å². The molecule has 10 heteroatoms. The summed E-state index contributed by atoms with van der Waals surface area (Å²) in [5.74, 6) is -1.92. The zero-order chi connectivity index (χ0) is 16.0. The van der Waals surface area contributed by atoms with Crippen LogP contribution in [0.15, 0.2) is 18.2 Å². The first-order valence-corrected chi connectivity index (χ1v) is 5.88. The van der Waals surface area contributed by atoms with Crippen LogP contribution in [0.3, 0.4) is 0 Å². The van der Waals surface area contributed by atoms with Crippen LogP contribution in [0.4, 0.5) is 23.2 Å². The van der Waals surface area contributed by atoms with Crippen LogP contribution in [0, 0.1) is 5.92 Å². The summed E-state index contributed by atoms with van der Waals surface area (Å²) >= 11 is 0. The van der Waals surface area contributed by atoms with Gasteiger partial charge in [-0.3, -0.25) is 4.79 Å². The molecule has 0 radical (unpaired) electrons. The van der Waals surface area contributed by atoms with Crippen LogP contribution in [0.2, 0.25) is 0 Å². The van der Waals surface area contributed by atoms with E-state index in [-0.39, 0.29) is 30.4 Å². The second kappa shape index (κ2) is 9.31. The second-order valence-electron chi connectivity index (χ2n) is 4.04. The fourth-order valence-electron chi connectivity index (χ4n) is 1.34. The van der Waals surface area contributed by atoms with Crippen LogP contribution in [-0.4, -0.2) is 25.7 Å². The van der Waals surface area contributed by atoms with Crippen LogP contribution in [0.5, 0.6) is 11.5 Å². The minimum Gasteiger partial charge on any atom is -0.435 e. The summed E-state index contributed by atoms with van der Waals surface area (Å²) in [6.45, 7) is -4.70. The molecular formula is C12H15ClF4N2O3. The van der Waals surface area contributed by atoms with Gasteiger partial charge in [0, 0.05) is 18.5 Å². The van der Waals surface area contributed by atoms with Crippen molar-refractivity contribution in [1.29, 1.82) is 0 Å². The number of carbonyl (C=O) groups is 1. The molecule has 1 atom stereocenters. The molecule has 1 unspecified atom stereocenters. The van der Waals surface area contributed by atoms with Gasteiger partial charge < -0.3 is 20.5 Å². The summed E-state index contributed by atoms with van der Waals surface area (Å²) in [4.78, 5) is 11.7. The van der Waals surface area contributed by atoms with Crippen LogP contribution in [0.25, 0.3) is 0 Å². The quantitative estimate of drug-likeness (QED) is 0.745. The summed E-state index contributed by atoms with van der Waals surface area (Å²) in [5, 5.41) is 2.33. The van der Waals surface area contributed by atoms with Crippen LogP contribution in [0.1, 0.15) is 6.92 Å². The van der Waals surface area contributed by atoms with Gasteiger partial charge in [-0.2, -0.15) is 17.6 Å². The Kier molecular flexibility index (Phi) is 8.58. The average Bonchev–Trinajstić information content (AvgIpc) is 2.39. The first-order chi connectivity index (χ1) is 9.83. The molecule has 0 saturated heterocycles. The van der Waals surface area contributed by atoms with Crippen molar-refractivity contribution >= 4 is 24.0 Å². The van der Waals surface area contributed by atoms with Crippen molar-refractivity contribution in [3.05, 3.63) is 18.2 Å². The molecule has 0 aromatic heterocycles. The van der Waals surface area contributed by atoms with Gasteiger partial charge in [-0.25, -0.2) is 0 Å². The minimum atomic E-state index is -3.19. The number of hydrogen-bond donors (Lipinski definition) is 2. The largest absolute Gasteiger partial charge is 0.435 e. The zero-order valence-electron chi connectivity index (χ0n) is 11.4. The lowest BCUT2D eigenvalue weighted by atomic mass is 10.1. The molecule has 5 nitrogen and oxygen atoms in total. The summed E-state index contributed by atoms with van der Waals surface area (Å²) in [6, 6.07) is 3.05. The highest BCUT2D eigenvalue weighted by atomic mass is 35.5. The molecule has 1 amide bonds. The number of rotatable bonds is 7. The SMILES string of the molecule is CC(CN)C(=O)Nc1ccc(OC(F)F)cc1OC(F)F.Cl. The second-order valence-corrected chi connectivity index (χ2v) is 4.04. The van der Waals surface area contributed by atoms with E-state index in [0.29, 0.717) is 0 Å². The molecule has 3 N–H and O–H groups in total. The molecule has 0 aliphatic heterocycles. The summed E-state index contributed by atoms with van der Waals surface area (Å²) in [6.07, 6.45) is 0. The van der Waals surface area contributed by atoms with Gasteiger partial charge in [0.2, 0.25) is 5.91 Å². The van der Waals surface area contributed by atoms with Gasteiger partial charge in [0.05, 0.1) is 5.69 Å². The number of nitrogens with two attached hydrogens (primary N) is 1. The predicted molar refractivity (Wildman–Crippen MR) is 73.8 cm³/mol. The number of nitrogens with one attached hydrogen (secondary N) is 1. The fraction of sp³-hybridized carbons (Fsp3) is 0.417. The Labute approximate surface area is 130 Å². The molecule has 126 valence electrons. The number of amides is 1. The Hall–Kier alpha value is -1.74. The van der Waals surface area contributed by atoms with Gasteiger partial charge in [0.25, 0.3) is 0 Å². The molecule has 0 aliphatic carbocycles. The molecular weight excluding hydrogens is 332 g/mol. The van der Waals surface area contributed by atoms with E-state index in [1.807, 2.05) is 0 Å². The van der Waals surface area contributed by atoms with Crippen LogP contribution in [-0.2, 0) is 4.79 Å². The Morgan fingerprint density at radius 1 is 1.23 bits per heavy atom. The van der Waals surface area contributed by atoms with Crippen LogP contribution >= 0.6 is 12.4 Å². The average molecular weight is 347 g/mol. The molecule has 0 aliphatic rings. The smallest absolute Gasteiger partial charge is 0.387 e. The van der Waals surface area contributed by atoms with Gasteiger partial charge in [-0.15, -0.1) is 12.4 Å². The number of alkyl halides is 4. The third kappa shape index (κ3) is 6.35. The van der Waals surface area contributed by atoms with Crippen molar-refractivity contribution in [2.24, 2.45) is 11.7 Å².